The number of amides is 1. The maximum atomic E-state index is 13.7. The standard InChI is InChI=1S/C12H12Cl2FNO3S/c13-11-9(12(17)16-4-2-1-3-5-16)6-8(7-10(11)15)20(14,18)19/h6-7H,1-5H2. The molecule has 2 rings (SSSR count). The highest BCUT2D eigenvalue weighted by Crippen LogP contribution is 2.28. The molecule has 0 atom stereocenters. The maximum Gasteiger partial charge on any atom is 0.261 e. The molecule has 1 aromatic carbocycles. The molecule has 110 valence electrons. The Morgan fingerprint density at radius 1 is 1.20 bits per heavy atom. The molecule has 1 aromatic rings. The Balaban J connectivity index is 2.44. The van der Waals surface area contributed by atoms with Crippen LogP contribution in [-0.2, 0) is 9.05 Å². The molecule has 1 aliphatic rings. The van der Waals surface area contributed by atoms with Crippen molar-refractivity contribution in [3.63, 3.8) is 0 Å². The van der Waals surface area contributed by atoms with E-state index in [2.05, 4.69) is 0 Å². The zero-order valence-corrected chi connectivity index (χ0v) is 12.7. The molecule has 0 unspecified atom stereocenters. The Morgan fingerprint density at radius 3 is 2.35 bits per heavy atom. The highest BCUT2D eigenvalue weighted by atomic mass is 35.7. The van der Waals surface area contributed by atoms with Crippen molar-refractivity contribution in [1.29, 1.82) is 0 Å². The smallest absolute Gasteiger partial charge is 0.261 e. The van der Waals surface area contributed by atoms with E-state index in [-0.39, 0.29) is 10.6 Å². The van der Waals surface area contributed by atoms with Crippen LogP contribution in [0, 0.1) is 5.82 Å². The Morgan fingerprint density at radius 2 is 1.80 bits per heavy atom. The van der Waals surface area contributed by atoms with Gasteiger partial charge in [-0.05, 0) is 31.4 Å². The molecule has 0 N–H and O–H groups in total. The van der Waals surface area contributed by atoms with Crippen molar-refractivity contribution in [2.24, 2.45) is 0 Å². The molecule has 1 saturated heterocycles. The average Bonchev–Trinajstić information content (AvgIpc) is 2.40. The van der Waals surface area contributed by atoms with Crippen molar-refractivity contribution in [2.75, 3.05) is 13.1 Å². The van der Waals surface area contributed by atoms with Gasteiger partial charge in [-0.1, -0.05) is 11.6 Å². The van der Waals surface area contributed by atoms with Crippen molar-refractivity contribution in [1.82, 2.24) is 4.90 Å². The third kappa shape index (κ3) is 3.24. The third-order valence-corrected chi connectivity index (χ3v) is 4.87. The molecule has 0 aliphatic carbocycles. The van der Waals surface area contributed by atoms with E-state index in [0.717, 1.165) is 25.3 Å². The fourth-order valence-electron chi connectivity index (χ4n) is 2.13. The van der Waals surface area contributed by atoms with Gasteiger partial charge in [0, 0.05) is 23.8 Å². The van der Waals surface area contributed by atoms with E-state index in [0.29, 0.717) is 19.2 Å². The van der Waals surface area contributed by atoms with Gasteiger partial charge in [0.25, 0.3) is 15.0 Å². The highest BCUT2D eigenvalue weighted by Gasteiger charge is 2.25. The zero-order chi connectivity index (χ0) is 14.9. The minimum atomic E-state index is -4.13. The van der Waals surface area contributed by atoms with Gasteiger partial charge in [0.15, 0.2) is 0 Å². The quantitative estimate of drug-likeness (QED) is 0.778. The van der Waals surface area contributed by atoms with Crippen molar-refractivity contribution in [3.8, 4) is 0 Å². The molecule has 0 radical (unpaired) electrons. The topological polar surface area (TPSA) is 54.5 Å². The molecule has 1 amide bonds. The normalized spacial score (nSPS) is 16.2. The first-order valence-corrected chi connectivity index (χ1v) is 8.72. The van der Waals surface area contributed by atoms with E-state index >= 15 is 0 Å². The largest absolute Gasteiger partial charge is 0.339 e. The number of rotatable bonds is 2. The van der Waals surface area contributed by atoms with Crippen LogP contribution in [0.3, 0.4) is 0 Å². The predicted molar refractivity (Wildman–Crippen MR) is 74.2 cm³/mol. The van der Waals surface area contributed by atoms with Gasteiger partial charge in [-0.2, -0.15) is 0 Å². The van der Waals surface area contributed by atoms with Crippen molar-refractivity contribution in [2.45, 2.75) is 24.2 Å². The summed E-state index contributed by atoms with van der Waals surface area (Å²) in [7, 11) is 1.06. The van der Waals surface area contributed by atoms with Gasteiger partial charge in [-0.25, -0.2) is 12.8 Å². The van der Waals surface area contributed by atoms with Gasteiger partial charge in [0.05, 0.1) is 15.5 Å². The number of carbonyl (C=O) groups is 1. The van der Waals surface area contributed by atoms with Gasteiger partial charge in [-0.3, -0.25) is 4.79 Å². The first kappa shape index (κ1) is 15.5. The molecular weight excluding hydrogens is 328 g/mol. The van der Waals surface area contributed by atoms with Gasteiger partial charge in [0.2, 0.25) is 0 Å². The number of carbonyl (C=O) groups excluding carboxylic acids is 1. The van der Waals surface area contributed by atoms with Gasteiger partial charge in [0.1, 0.15) is 5.82 Å². The highest BCUT2D eigenvalue weighted by molar-refractivity contribution is 8.13. The lowest BCUT2D eigenvalue weighted by molar-refractivity contribution is 0.0723. The molecule has 0 spiro atoms. The summed E-state index contributed by atoms with van der Waals surface area (Å²) in [5.74, 6) is -1.45. The van der Waals surface area contributed by atoms with Crippen LogP contribution >= 0.6 is 22.3 Å². The van der Waals surface area contributed by atoms with Crippen LogP contribution in [0.5, 0.6) is 0 Å². The molecule has 1 fully saturated rings. The lowest BCUT2D eigenvalue weighted by Crippen LogP contribution is -2.35. The Labute approximate surface area is 125 Å². The number of hydrogen-bond acceptors (Lipinski definition) is 3. The lowest BCUT2D eigenvalue weighted by Gasteiger charge is -2.27. The van der Waals surface area contributed by atoms with Crippen molar-refractivity contribution < 1.29 is 17.6 Å². The second-order valence-electron chi connectivity index (χ2n) is 4.56. The molecule has 4 nitrogen and oxygen atoms in total. The summed E-state index contributed by atoms with van der Waals surface area (Å²) in [6.45, 7) is 1.10. The van der Waals surface area contributed by atoms with E-state index in [1.54, 1.807) is 0 Å². The molecule has 1 heterocycles. The predicted octanol–water partition coefficient (Wildman–Crippen LogP) is 3.03. The van der Waals surface area contributed by atoms with Crippen molar-refractivity contribution in [3.05, 3.63) is 28.5 Å². The number of piperidine rings is 1. The Hall–Kier alpha value is -0.850. The van der Waals surface area contributed by atoms with Crippen LogP contribution in [0.2, 0.25) is 5.02 Å². The van der Waals surface area contributed by atoms with Crippen LogP contribution in [0.25, 0.3) is 0 Å². The third-order valence-electron chi connectivity index (χ3n) is 3.16. The molecule has 20 heavy (non-hydrogen) atoms. The summed E-state index contributed by atoms with van der Waals surface area (Å²) in [4.78, 5) is 13.4. The van der Waals surface area contributed by atoms with E-state index in [9.17, 15) is 17.6 Å². The Kier molecular flexibility index (Phi) is 4.56. The van der Waals surface area contributed by atoms with Crippen LogP contribution in [0.4, 0.5) is 4.39 Å². The second kappa shape index (κ2) is 5.87. The number of hydrogen-bond donors (Lipinski definition) is 0. The summed E-state index contributed by atoms with van der Waals surface area (Å²) in [6.07, 6.45) is 2.75. The monoisotopic (exact) mass is 339 g/mol. The SMILES string of the molecule is O=C(c1cc(S(=O)(=O)Cl)cc(F)c1Cl)N1CCCCC1. The molecule has 1 aliphatic heterocycles. The summed E-state index contributed by atoms with van der Waals surface area (Å²) < 4.78 is 36.2. The van der Waals surface area contributed by atoms with E-state index in [1.165, 1.54) is 4.90 Å². The van der Waals surface area contributed by atoms with Gasteiger partial charge < -0.3 is 4.90 Å². The van der Waals surface area contributed by atoms with E-state index in [1.807, 2.05) is 0 Å². The fraction of sp³-hybridized carbons (Fsp3) is 0.417. The van der Waals surface area contributed by atoms with Crippen LogP contribution < -0.4 is 0 Å². The number of likely N-dealkylation sites (tertiary alicyclic amines) is 1. The van der Waals surface area contributed by atoms with Gasteiger partial charge >= 0.3 is 0 Å². The zero-order valence-electron chi connectivity index (χ0n) is 10.4. The number of nitrogens with zero attached hydrogens (tertiary/aromatic N) is 1. The molecule has 8 heteroatoms. The minimum absolute atomic E-state index is 0.173. The number of halogens is 3. The first-order chi connectivity index (χ1) is 9.30. The van der Waals surface area contributed by atoms with Crippen molar-refractivity contribution >= 4 is 37.2 Å². The molecular formula is C12H12Cl2FNO3S. The minimum Gasteiger partial charge on any atom is -0.339 e. The molecule has 0 aromatic heterocycles. The van der Waals surface area contributed by atoms with Gasteiger partial charge in [-0.15, -0.1) is 0 Å². The molecule has 0 bridgehead atoms. The second-order valence-corrected chi connectivity index (χ2v) is 7.50. The number of benzene rings is 1. The maximum absolute atomic E-state index is 13.7. The Bertz CT molecular complexity index is 642. The fourth-order valence-corrected chi connectivity index (χ4v) is 3.09. The molecule has 0 saturated carbocycles. The van der Waals surface area contributed by atoms with E-state index in [4.69, 9.17) is 22.3 Å². The first-order valence-electron chi connectivity index (χ1n) is 6.03. The van der Waals surface area contributed by atoms with Crippen LogP contribution in [-0.4, -0.2) is 32.3 Å². The summed E-state index contributed by atoms with van der Waals surface area (Å²) in [6, 6.07) is 1.72. The van der Waals surface area contributed by atoms with E-state index < -0.39 is 25.7 Å². The summed E-state index contributed by atoms with van der Waals surface area (Å²) in [5, 5.41) is -0.385. The van der Waals surface area contributed by atoms with Crippen LogP contribution in [0.1, 0.15) is 29.6 Å². The van der Waals surface area contributed by atoms with Crippen LogP contribution in [0.15, 0.2) is 17.0 Å². The average molecular weight is 340 g/mol. The summed E-state index contributed by atoms with van der Waals surface area (Å²) in [5.41, 5.74) is -0.173. The summed E-state index contributed by atoms with van der Waals surface area (Å²) >= 11 is 5.77. The lowest BCUT2D eigenvalue weighted by atomic mass is 10.1.